The molecule has 0 fully saturated rings. The van der Waals surface area contributed by atoms with Crippen molar-refractivity contribution in [2.75, 3.05) is 6.54 Å². The van der Waals surface area contributed by atoms with Crippen molar-refractivity contribution in [2.24, 2.45) is 0 Å². The summed E-state index contributed by atoms with van der Waals surface area (Å²) in [4.78, 5) is 3.81. The highest BCUT2D eigenvalue weighted by atomic mass is 79.9. The van der Waals surface area contributed by atoms with E-state index in [1.165, 1.54) is 6.20 Å². The summed E-state index contributed by atoms with van der Waals surface area (Å²) >= 11 is 3.47. The highest BCUT2D eigenvalue weighted by Crippen LogP contribution is 2.28. The number of hydrogen-bond acceptors (Lipinski definition) is 2. The highest BCUT2D eigenvalue weighted by Gasteiger charge is 2.18. The molecular formula is C15H16BrFN2. The van der Waals surface area contributed by atoms with Gasteiger partial charge in [-0.2, -0.15) is 0 Å². The summed E-state index contributed by atoms with van der Waals surface area (Å²) < 4.78 is 15.0. The lowest BCUT2D eigenvalue weighted by Crippen LogP contribution is -2.23. The number of nitrogens with one attached hydrogen (secondary N) is 1. The van der Waals surface area contributed by atoms with Gasteiger partial charge in [0.15, 0.2) is 0 Å². The van der Waals surface area contributed by atoms with E-state index in [1.807, 2.05) is 32.0 Å². The number of benzene rings is 1. The molecular weight excluding hydrogens is 307 g/mol. The second kappa shape index (κ2) is 6.26. The first kappa shape index (κ1) is 14.2. The predicted molar refractivity (Wildman–Crippen MR) is 78.6 cm³/mol. The summed E-state index contributed by atoms with van der Waals surface area (Å²) in [5.41, 5.74) is 2.82. The Balaban J connectivity index is 2.51. The average Bonchev–Trinajstić information content (AvgIpc) is 2.40. The van der Waals surface area contributed by atoms with Crippen LogP contribution in [0.3, 0.4) is 0 Å². The molecule has 4 heteroatoms. The van der Waals surface area contributed by atoms with Crippen LogP contribution in [0.1, 0.15) is 29.7 Å². The van der Waals surface area contributed by atoms with Gasteiger partial charge in [-0.25, -0.2) is 4.39 Å². The third kappa shape index (κ3) is 3.19. The molecule has 2 nitrogen and oxygen atoms in total. The van der Waals surface area contributed by atoms with Crippen LogP contribution >= 0.6 is 15.9 Å². The summed E-state index contributed by atoms with van der Waals surface area (Å²) in [7, 11) is 0. The quantitative estimate of drug-likeness (QED) is 0.920. The number of hydrogen-bond donors (Lipinski definition) is 1. The topological polar surface area (TPSA) is 24.9 Å². The molecule has 0 aliphatic heterocycles. The number of rotatable bonds is 4. The molecule has 1 aromatic heterocycles. The first-order valence-corrected chi connectivity index (χ1v) is 7.01. The van der Waals surface area contributed by atoms with E-state index in [9.17, 15) is 4.39 Å². The van der Waals surface area contributed by atoms with E-state index in [0.717, 1.165) is 22.1 Å². The van der Waals surface area contributed by atoms with Crippen molar-refractivity contribution in [3.8, 4) is 0 Å². The van der Waals surface area contributed by atoms with Crippen LogP contribution in [0.2, 0.25) is 0 Å². The first-order chi connectivity index (χ1) is 9.13. The van der Waals surface area contributed by atoms with Crippen molar-refractivity contribution in [1.82, 2.24) is 10.3 Å². The summed E-state index contributed by atoms with van der Waals surface area (Å²) in [5.74, 6) is -0.284. The number of halogens is 2. The van der Waals surface area contributed by atoms with Crippen molar-refractivity contribution >= 4 is 15.9 Å². The van der Waals surface area contributed by atoms with E-state index in [4.69, 9.17) is 0 Å². The van der Waals surface area contributed by atoms with Crippen LogP contribution in [-0.4, -0.2) is 11.5 Å². The molecule has 0 amide bonds. The van der Waals surface area contributed by atoms with Gasteiger partial charge in [0.1, 0.15) is 5.82 Å². The monoisotopic (exact) mass is 322 g/mol. The van der Waals surface area contributed by atoms with Gasteiger partial charge in [0.05, 0.1) is 12.2 Å². The molecule has 1 unspecified atom stereocenters. The van der Waals surface area contributed by atoms with Crippen molar-refractivity contribution in [1.29, 1.82) is 0 Å². The van der Waals surface area contributed by atoms with E-state index >= 15 is 0 Å². The zero-order valence-corrected chi connectivity index (χ0v) is 12.5. The molecule has 0 spiro atoms. The van der Waals surface area contributed by atoms with Crippen LogP contribution in [0.5, 0.6) is 0 Å². The molecule has 0 radical (unpaired) electrons. The molecule has 1 heterocycles. The standard InChI is InChI=1S/C15H16BrFN2/c1-3-19-15(12-6-7-18-9-14(12)17)13-8-11(16)5-4-10(13)2/h4-9,15,19H,3H2,1-2H3. The van der Waals surface area contributed by atoms with Gasteiger partial charge >= 0.3 is 0 Å². The molecule has 0 saturated heterocycles. The maximum absolute atomic E-state index is 14.0. The maximum Gasteiger partial charge on any atom is 0.146 e. The molecule has 2 aromatic rings. The van der Waals surface area contributed by atoms with Gasteiger partial charge < -0.3 is 5.32 Å². The summed E-state index contributed by atoms with van der Waals surface area (Å²) in [6.45, 7) is 4.81. The van der Waals surface area contributed by atoms with Gasteiger partial charge in [0.2, 0.25) is 0 Å². The third-order valence-electron chi connectivity index (χ3n) is 3.08. The Bertz CT molecular complexity index is 572. The molecule has 100 valence electrons. The van der Waals surface area contributed by atoms with Gasteiger partial charge in [-0.1, -0.05) is 28.9 Å². The van der Waals surface area contributed by atoms with E-state index in [0.29, 0.717) is 5.56 Å². The molecule has 1 atom stereocenters. The fraction of sp³-hybridized carbons (Fsp3) is 0.267. The predicted octanol–water partition coefficient (Wildman–Crippen LogP) is 3.99. The average molecular weight is 323 g/mol. The maximum atomic E-state index is 14.0. The second-order valence-electron chi connectivity index (χ2n) is 4.39. The van der Waals surface area contributed by atoms with Crippen LogP contribution in [0.25, 0.3) is 0 Å². The van der Waals surface area contributed by atoms with E-state index in [-0.39, 0.29) is 11.9 Å². The van der Waals surface area contributed by atoms with Crippen molar-refractivity contribution < 1.29 is 4.39 Å². The number of nitrogens with zero attached hydrogens (tertiary/aromatic N) is 1. The summed E-state index contributed by atoms with van der Waals surface area (Å²) in [6, 6.07) is 7.62. The SMILES string of the molecule is CCNC(c1cc(Br)ccc1C)c1ccncc1F. The van der Waals surface area contributed by atoms with Crippen molar-refractivity contribution in [3.63, 3.8) is 0 Å². The Hall–Kier alpha value is -1.26. The van der Waals surface area contributed by atoms with Gasteiger partial charge in [-0.3, -0.25) is 4.98 Å². The van der Waals surface area contributed by atoms with Crippen LogP contribution in [0, 0.1) is 12.7 Å². The molecule has 19 heavy (non-hydrogen) atoms. The van der Waals surface area contributed by atoms with Gasteiger partial charge in [0.25, 0.3) is 0 Å². The Morgan fingerprint density at radius 3 is 2.79 bits per heavy atom. The number of aryl methyl sites for hydroxylation is 1. The lowest BCUT2D eigenvalue weighted by Gasteiger charge is -2.21. The zero-order chi connectivity index (χ0) is 13.8. The number of pyridine rings is 1. The second-order valence-corrected chi connectivity index (χ2v) is 5.30. The van der Waals surface area contributed by atoms with Crippen LogP contribution in [0.4, 0.5) is 4.39 Å². The van der Waals surface area contributed by atoms with Gasteiger partial charge in [-0.05, 0) is 42.8 Å². The first-order valence-electron chi connectivity index (χ1n) is 6.22. The fourth-order valence-electron chi connectivity index (χ4n) is 2.13. The van der Waals surface area contributed by atoms with Crippen LogP contribution < -0.4 is 5.32 Å². The molecule has 0 aliphatic rings. The van der Waals surface area contributed by atoms with E-state index in [2.05, 4.69) is 26.2 Å². The fourth-order valence-corrected chi connectivity index (χ4v) is 2.51. The van der Waals surface area contributed by atoms with Gasteiger partial charge in [0, 0.05) is 16.2 Å². The Morgan fingerprint density at radius 1 is 1.32 bits per heavy atom. The molecule has 0 saturated carbocycles. The Labute approximate surface area is 121 Å². The summed E-state index contributed by atoms with van der Waals surface area (Å²) in [5, 5.41) is 3.34. The molecule has 1 aromatic carbocycles. The van der Waals surface area contributed by atoms with E-state index < -0.39 is 0 Å². The lowest BCUT2D eigenvalue weighted by atomic mass is 9.95. The van der Waals surface area contributed by atoms with Gasteiger partial charge in [-0.15, -0.1) is 0 Å². The molecule has 0 bridgehead atoms. The smallest absolute Gasteiger partial charge is 0.146 e. The minimum Gasteiger partial charge on any atom is -0.306 e. The lowest BCUT2D eigenvalue weighted by molar-refractivity contribution is 0.553. The van der Waals surface area contributed by atoms with Crippen LogP contribution in [0.15, 0.2) is 41.1 Å². The molecule has 0 aliphatic carbocycles. The van der Waals surface area contributed by atoms with E-state index in [1.54, 1.807) is 12.3 Å². The zero-order valence-electron chi connectivity index (χ0n) is 11.0. The number of aromatic nitrogens is 1. The summed E-state index contributed by atoms with van der Waals surface area (Å²) in [6.07, 6.45) is 2.88. The third-order valence-corrected chi connectivity index (χ3v) is 3.57. The normalized spacial score (nSPS) is 12.4. The minimum absolute atomic E-state index is 0.162. The Morgan fingerprint density at radius 2 is 2.11 bits per heavy atom. The molecule has 2 rings (SSSR count). The minimum atomic E-state index is -0.284. The largest absolute Gasteiger partial charge is 0.306 e. The molecule has 1 N–H and O–H groups in total. The highest BCUT2D eigenvalue weighted by molar-refractivity contribution is 9.10. The van der Waals surface area contributed by atoms with Crippen LogP contribution in [-0.2, 0) is 0 Å². The Kier molecular flexibility index (Phi) is 4.66. The van der Waals surface area contributed by atoms with Crippen molar-refractivity contribution in [2.45, 2.75) is 19.9 Å². The van der Waals surface area contributed by atoms with Crippen molar-refractivity contribution in [3.05, 3.63) is 63.6 Å².